The molecule has 0 amide bonds. The van der Waals surface area contributed by atoms with E-state index in [1.165, 1.54) is 20.8 Å². The van der Waals surface area contributed by atoms with E-state index in [0.717, 1.165) is 6.42 Å². The van der Waals surface area contributed by atoms with E-state index in [4.69, 9.17) is 18.8 Å². The largest absolute Gasteiger partial charge is 0.463 e. The first-order valence-corrected chi connectivity index (χ1v) is 18.6. The molecule has 4 fully saturated rings. The normalized spacial score (nSPS) is 37.7. The molecule has 4 aliphatic carbocycles. The molecular formula is C33H49F5O11S. The quantitative estimate of drug-likeness (QED) is 0.0861. The Morgan fingerprint density at radius 3 is 2.08 bits per heavy atom. The summed E-state index contributed by atoms with van der Waals surface area (Å²) in [4.78, 5) is 36.7. The van der Waals surface area contributed by atoms with Crippen LogP contribution in [0.3, 0.4) is 0 Å². The smallest absolute Gasteiger partial charge is 0.432 e. The Hall–Kier alpha value is -2.11. The van der Waals surface area contributed by atoms with Crippen molar-refractivity contribution < 1.29 is 73.4 Å². The second-order valence-electron chi connectivity index (χ2n) is 15.4. The van der Waals surface area contributed by atoms with E-state index in [2.05, 4.69) is 11.7 Å². The average molecular weight is 749 g/mol. The van der Waals surface area contributed by atoms with Gasteiger partial charge in [0, 0.05) is 31.6 Å². The van der Waals surface area contributed by atoms with E-state index in [9.17, 15) is 49.9 Å². The van der Waals surface area contributed by atoms with Gasteiger partial charge in [-0.1, -0.05) is 20.8 Å². The van der Waals surface area contributed by atoms with E-state index < -0.39 is 75.8 Å². The van der Waals surface area contributed by atoms with Gasteiger partial charge in [-0.2, -0.15) is 30.4 Å². The van der Waals surface area contributed by atoms with Crippen LogP contribution in [0.25, 0.3) is 0 Å². The van der Waals surface area contributed by atoms with Crippen molar-refractivity contribution >= 4 is 28.0 Å². The van der Waals surface area contributed by atoms with Crippen molar-refractivity contribution in [1.82, 2.24) is 0 Å². The molecule has 0 aromatic heterocycles. The second kappa shape index (κ2) is 14.4. The molecule has 0 aromatic carbocycles. The summed E-state index contributed by atoms with van der Waals surface area (Å²) < 4.78 is 121. The van der Waals surface area contributed by atoms with E-state index in [1.807, 2.05) is 6.92 Å². The molecule has 17 heteroatoms. The molecule has 0 radical (unpaired) electrons. The lowest BCUT2D eigenvalue weighted by molar-refractivity contribution is -0.259. The van der Waals surface area contributed by atoms with Crippen molar-refractivity contribution in [3.63, 3.8) is 0 Å². The molecule has 2 N–H and O–H groups in total. The molecule has 0 aliphatic heterocycles. The maximum atomic E-state index is 14.0. The van der Waals surface area contributed by atoms with Crippen LogP contribution in [0.15, 0.2) is 0 Å². The van der Waals surface area contributed by atoms with E-state index in [-0.39, 0.29) is 53.5 Å². The standard InChI is InChI=1S/C33H49F5O11S/c1-16(7-10-27(42)49-29(32(34,35)36)33(37,38)50(43,44)45)22-8-9-23-28-24(15-26(31(22,23)6)48-19(4)41)30(5)12-11-21(46-17(2)39)13-20(30)14-25(28)47-18(3)40/h16,19-26,28-29,41H,7-15H2,1-6H3,(H,43,44,45)/t16-,19?,20+,21?,22-,23+,24+,25?,26?,28+,29?,30+,31-/m1/s1. The lowest BCUT2D eigenvalue weighted by atomic mass is 9.43. The third kappa shape index (κ3) is 7.80. The topological polar surface area (TPSA) is 163 Å². The van der Waals surface area contributed by atoms with Crippen LogP contribution in [0.1, 0.15) is 99.3 Å². The highest BCUT2D eigenvalue weighted by molar-refractivity contribution is 7.86. The molecule has 0 saturated heterocycles. The highest BCUT2D eigenvalue weighted by atomic mass is 32.2. The van der Waals surface area contributed by atoms with E-state index in [0.29, 0.717) is 38.5 Å². The van der Waals surface area contributed by atoms with E-state index >= 15 is 0 Å². The molecule has 4 aliphatic rings. The first kappa shape index (κ1) is 40.7. The lowest BCUT2D eigenvalue weighted by Crippen LogP contribution is -2.63. The summed E-state index contributed by atoms with van der Waals surface area (Å²) in [6.07, 6.45) is -9.30. The summed E-state index contributed by atoms with van der Waals surface area (Å²) >= 11 is 0. The summed E-state index contributed by atoms with van der Waals surface area (Å²) in [6, 6.07) is 0. The average Bonchev–Trinajstić information content (AvgIpc) is 3.31. The fourth-order valence-corrected chi connectivity index (χ4v) is 10.8. The number of hydrogen-bond acceptors (Lipinski definition) is 10. The maximum absolute atomic E-state index is 14.0. The van der Waals surface area contributed by atoms with Gasteiger partial charge in [-0.25, -0.2) is 0 Å². The van der Waals surface area contributed by atoms with Crippen LogP contribution in [-0.2, 0) is 43.4 Å². The number of rotatable bonds is 11. The van der Waals surface area contributed by atoms with E-state index in [1.54, 1.807) is 6.92 Å². The number of esters is 3. The zero-order chi connectivity index (χ0) is 37.8. The molecule has 50 heavy (non-hydrogen) atoms. The Kier molecular flexibility index (Phi) is 11.7. The molecule has 5 unspecified atom stereocenters. The SMILES string of the molecule is CC(=O)OC1CC[C@@]2(C)[C@@H](C1)CC(OC(C)=O)[C@@H]1[C@@H]2CC(OC(C)O)[C@]2(C)[C@@H]([C@H](C)CCC(=O)OC(C(F)(F)F)C(F)(F)S(=O)(=O)O)CC[C@@H]12. The fourth-order valence-electron chi connectivity index (χ4n) is 10.4. The summed E-state index contributed by atoms with van der Waals surface area (Å²) in [6.45, 7) is 10.2. The minimum Gasteiger partial charge on any atom is -0.463 e. The van der Waals surface area contributed by atoms with Crippen LogP contribution in [0.2, 0.25) is 0 Å². The van der Waals surface area contributed by atoms with Gasteiger partial charge in [0.05, 0.1) is 6.10 Å². The summed E-state index contributed by atoms with van der Waals surface area (Å²) in [5.74, 6) is -3.29. The van der Waals surface area contributed by atoms with Gasteiger partial charge in [0.1, 0.15) is 12.2 Å². The molecular weight excluding hydrogens is 699 g/mol. The number of hydrogen-bond donors (Lipinski definition) is 2. The number of aliphatic hydroxyl groups is 1. The van der Waals surface area contributed by atoms with Gasteiger partial charge in [-0.3, -0.25) is 18.9 Å². The Morgan fingerprint density at radius 2 is 1.54 bits per heavy atom. The summed E-state index contributed by atoms with van der Waals surface area (Å²) in [5.41, 5.74) is -0.906. The number of carbonyl (C=O) groups excluding carboxylic acids is 3. The Balaban J connectivity index is 1.60. The van der Waals surface area contributed by atoms with Gasteiger partial charge in [-0.15, -0.1) is 0 Å². The number of fused-ring (bicyclic) bond motifs is 5. The lowest BCUT2D eigenvalue weighted by Gasteiger charge is -2.64. The molecule has 11 nitrogen and oxygen atoms in total. The summed E-state index contributed by atoms with van der Waals surface area (Å²) in [7, 11) is -6.57. The second-order valence-corrected chi connectivity index (χ2v) is 16.9. The zero-order valence-corrected chi connectivity index (χ0v) is 29.9. The Bertz CT molecular complexity index is 1390. The molecule has 4 saturated carbocycles. The monoisotopic (exact) mass is 748 g/mol. The third-order valence-electron chi connectivity index (χ3n) is 12.5. The molecule has 0 bridgehead atoms. The predicted molar refractivity (Wildman–Crippen MR) is 164 cm³/mol. The minimum absolute atomic E-state index is 0.00138. The molecule has 288 valence electrons. The van der Waals surface area contributed by atoms with Crippen LogP contribution in [0.5, 0.6) is 0 Å². The van der Waals surface area contributed by atoms with Gasteiger partial charge >= 0.3 is 39.5 Å². The van der Waals surface area contributed by atoms with Gasteiger partial charge in [0.15, 0.2) is 6.29 Å². The van der Waals surface area contributed by atoms with Crippen LogP contribution >= 0.6 is 0 Å². The molecule has 0 heterocycles. The highest BCUT2D eigenvalue weighted by Crippen LogP contribution is 2.69. The number of carbonyl (C=O) groups is 3. The third-order valence-corrected chi connectivity index (χ3v) is 13.4. The predicted octanol–water partition coefficient (Wildman–Crippen LogP) is 5.82. The van der Waals surface area contributed by atoms with Crippen molar-refractivity contribution in [3.8, 4) is 0 Å². The molecule has 0 aromatic rings. The minimum atomic E-state index is -6.57. The van der Waals surface area contributed by atoms with Crippen LogP contribution in [0.4, 0.5) is 22.0 Å². The van der Waals surface area contributed by atoms with Gasteiger partial charge in [-0.05, 0) is 93.3 Å². The van der Waals surface area contributed by atoms with Crippen molar-refractivity contribution in [2.75, 3.05) is 0 Å². The molecule has 0 spiro atoms. The number of alkyl halides is 5. The maximum Gasteiger partial charge on any atom is 0.432 e. The summed E-state index contributed by atoms with van der Waals surface area (Å²) in [5, 5.41) is 4.66. The van der Waals surface area contributed by atoms with Crippen molar-refractivity contribution in [3.05, 3.63) is 0 Å². The van der Waals surface area contributed by atoms with Gasteiger partial charge in [0.2, 0.25) is 0 Å². The van der Waals surface area contributed by atoms with Crippen molar-refractivity contribution in [2.24, 2.45) is 46.3 Å². The Labute approximate surface area is 289 Å². The highest BCUT2D eigenvalue weighted by Gasteiger charge is 2.68. The van der Waals surface area contributed by atoms with Crippen molar-refractivity contribution in [1.29, 1.82) is 0 Å². The fraction of sp³-hybridized carbons (Fsp3) is 0.909. The molecule has 4 rings (SSSR count). The van der Waals surface area contributed by atoms with Gasteiger partial charge < -0.3 is 24.1 Å². The number of aliphatic hydroxyl groups excluding tert-OH is 1. The molecule has 13 atom stereocenters. The van der Waals surface area contributed by atoms with Crippen LogP contribution < -0.4 is 0 Å². The number of halogens is 5. The van der Waals surface area contributed by atoms with Gasteiger partial charge in [0.25, 0.3) is 6.10 Å². The van der Waals surface area contributed by atoms with Crippen LogP contribution in [0, 0.1) is 46.3 Å². The van der Waals surface area contributed by atoms with Crippen molar-refractivity contribution in [2.45, 2.75) is 141 Å². The first-order chi connectivity index (χ1) is 22.8. The zero-order valence-electron chi connectivity index (χ0n) is 29.1. The number of ether oxygens (including phenoxy) is 4. The Morgan fingerprint density at radius 1 is 0.920 bits per heavy atom. The van der Waals surface area contributed by atoms with Crippen LogP contribution in [-0.4, -0.2) is 78.1 Å². The first-order valence-electron chi connectivity index (χ1n) is 17.1.